The Morgan fingerprint density at radius 3 is 2.28 bits per heavy atom. The normalized spacial score (nSPS) is 17.8. The highest BCUT2D eigenvalue weighted by atomic mass is 35.5. The van der Waals surface area contributed by atoms with E-state index in [0.29, 0.717) is 23.4 Å². The van der Waals surface area contributed by atoms with Gasteiger partial charge in [0, 0.05) is 16.1 Å². The van der Waals surface area contributed by atoms with Crippen LogP contribution in [0.1, 0.15) is 34.8 Å². The number of hydrogen-bond acceptors (Lipinski definition) is 4. The molecule has 0 saturated carbocycles. The molecule has 1 aliphatic heterocycles. The molecule has 1 saturated heterocycles. The van der Waals surface area contributed by atoms with Crippen LogP contribution in [0.25, 0.3) is 11.1 Å². The Kier molecular flexibility index (Phi) is 6.47. The molecular formula is C26H24ClNO4. The topological polar surface area (TPSA) is 55.8 Å². The highest BCUT2D eigenvalue weighted by Crippen LogP contribution is 2.40. The summed E-state index contributed by atoms with van der Waals surface area (Å²) in [6.07, 6.45) is 1.15. The number of methoxy groups -OCH3 is 2. The first-order chi connectivity index (χ1) is 15.5. The molecule has 0 radical (unpaired) electrons. The summed E-state index contributed by atoms with van der Waals surface area (Å²) in [7, 11) is 2.97. The zero-order valence-electron chi connectivity index (χ0n) is 18.0. The molecule has 5 nitrogen and oxygen atoms in total. The van der Waals surface area contributed by atoms with Crippen LogP contribution in [0.4, 0.5) is 0 Å². The third-order valence-electron chi connectivity index (χ3n) is 5.91. The van der Waals surface area contributed by atoms with E-state index in [1.165, 1.54) is 7.11 Å². The number of para-hydroxylation sites is 1. The third-order valence-corrected chi connectivity index (χ3v) is 6.25. The summed E-state index contributed by atoms with van der Waals surface area (Å²) in [4.78, 5) is 27.7. The van der Waals surface area contributed by atoms with Crippen molar-refractivity contribution < 1.29 is 19.1 Å². The average molecular weight is 450 g/mol. The van der Waals surface area contributed by atoms with Crippen molar-refractivity contribution in [2.24, 2.45) is 0 Å². The summed E-state index contributed by atoms with van der Waals surface area (Å²) in [5.74, 6) is 0.114. The largest absolute Gasteiger partial charge is 0.496 e. The standard InChI is InChI=1S/C26H24ClNO4/c1-31-24-10-6-4-7-19(24)17-11-13-18(14-12-17)25(29)28-22(15-16-23(28)26(30)32-2)20-8-3-5-9-21(20)27/h3-14,22-23H,15-16H2,1-2H3/t22-,23-/m1/s1. The van der Waals surface area contributed by atoms with Crippen molar-refractivity contribution in [1.82, 2.24) is 4.90 Å². The Labute approximate surface area is 192 Å². The molecule has 1 amide bonds. The van der Waals surface area contributed by atoms with Crippen LogP contribution in [-0.4, -0.2) is 37.0 Å². The first-order valence-electron chi connectivity index (χ1n) is 10.4. The molecule has 1 heterocycles. The van der Waals surface area contributed by atoms with Crippen molar-refractivity contribution in [3.63, 3.8) is 0 Å². The van der Waals surface area contributed by atoms with Crippen LogP contribution >= 0.6 is 11.6 Å². The van der Waals surface area contributed by atoms with Crippen molar-refractivity contribution in [3.05, 3.63) is 88.9 Å². The van der Waals surface area contributed by atoms with Crippen LogP contribution in [0.15, 0.2) is 72.8 Å². The number of ether oxygens (including phenoxy) is 2. The molecule has 164 valence electrons. The van der Waals surface area contributed by atoms with Gasteiger partial charge in [0.25, 0.3) is 5.91 Å². The van der Waals surface area contributed by atoms with Crippen LogP contribution in [0.3, 0.4) is 0 Å². The molecule has 0 spiro atoms. The minimum Gasteiger partial charge on any atom is -0.496 e. The lowest BCUT2D eigenvalue weighted by Crippen LogP contribution is -2.42. The van der Waals surface area contributed by atoms with E-state index in [0.717, 1.165) is 22.4 Å². The second-order valence-electron chi connectivity index (χ2n) is 7.64. The van der Waals surface area contributed by atoms with Crippen molar-refractivity contribution in [3.8, 4) is 16.9 Å². The van der Waals surface area contributed by atoms with Crippen LogP contribution < -0.4 is 4.74 Å². The number of carbonyl (C=O) groups is 2. The van der Waals surface area contributed by atoms with Crippen LogP contribution in [0, 0.1) is 0 Å². The van der Waals surface area contributed by atoms with Gasteiger partial charge in [-0.05, 0) is 48.2 Å². The van der Waals surface area contributed by atoms with E-state index < -0.39 is 12.0 Å². The molecule has 3 aromatic carbocycles. The maximum atomic E-state index is 13.6. The molecule has 3 aromatic rings. The van der Waals surface area contributed by atoms with Gasteiger partial charge in [0.15, 0.2) is 0 Å². The number of hydrogen-bond donors (Lipinski definition) is 0. The Balaban J connectivity index is 1.68. The zero-order valence-corrected chi connectivity index (χ0v) is 18.7. The molecule has 0 aromatic heterocycles. The number of amides is 1. The Bertz CT molecular complexity index is 1130. The number of halogens is 1. The summed E-state index contributed by atoms with van der Waals surface area (Å²) >= 11 is 6.43. The van der Waals surface area contributed by atoms with Gasteiger partial charge in [0.05, 0.1) is 20.3 Å². The first-order valence-corrected chi connectivity index (χ1v) is 10.8. The molecule has 1 aliphatic rings. The summed E-state index contributed by atoms with van der Waals surface area (Å²) in [5.41, 5.74) is 3.21. The smallest absolute Gasteiger partial charge is 0.328 e. The lowest BCUT2D eigenvalue weighted by Gasteiger charge is -2.30. The van der Waals surface area contributed by atoms with Gasteiger partial charge in [-0.25, -0.2) is 4.79 Å². The Morgan fingerprint density at radius 2 is 1.59 bits per heavy atom. The predicted octanol–water partition coefficient (Wildman–Crippen LogP) is 5.53. The predicted molar refractivity (Wildman–Crippen MR) is 124 cm³/mol. The minimum atomic E-state index is -0.650. The van der Waals surface area contributed by atoms with Gasteiger partial charge < -0.3 is 14.4 Å². The summed E-state index contributed by atoms with van der Waals surface area (Å²) < 4.78 is 10.4. The summed E-state index contributed by atoms with van der Waals surface area (Å²) in [6.45, 7) is 0. The van der Waals surface area contributed by atoms with Gasteiger partial charge in [-0.3, -0.25) is 4.79 Å². The van der Waals surface area contributed by atoms with Gasteiger partial charge in [0.2, 0.25) is 0 Å². The van der Waals surface area contributed by atoms with Crippen molar-refractivity contribution in [1.29, 1.82) is 0 Å². The van der Waals surface area contributed by atoms with E-state index in [4.69, 9.17) is 21.1 Å². The van der Waals surface area contributed by atoms with Crippen molar-refractivity contribution in [2.75, 3.05) is 14.2 Å². The van der Waals surface area contributed by atoms with Crippen molar-refractivity contribution >= 4 is 23.5 Å². The van der Waals surface area contributed by atoms with E-state index in [1.807, 2.05) is 54.6 Å². The van der Waals surface area contributed by atoms with Gasteiger partial charge in [-0.1, -0.05) is 60.1 Å². The third kappa shape index (κ3) is 4.08. The molecule has 0 aliphatic carbocycles. The second kappa shape index (κ2) is 9.45. The molecule has 4 rings (SSSR count). The minimum absolute atomic E-state index is 0.227. The number of likely N-dealkylation sites (tertiary alicyclic amines) is 1. The fraction of sp³-hybridized carbons (Fsp3) is 0.231. The quantitative estimate of drug-likeness (QED) is 0.480. The van der Waals surface area contributed by atoms with E-state index in [2.05, 4.69) is 0 Å². The highest BCUT2D eigenvalue weighted by molar-refractivity contribution is 6.31. The highest BCUT2D eigenvalue weighted by Gasteiger charge is 2.43. The fourth-order valence-electron chi connectivity index (χ4n) is 4.34. The Morgan fingerprint density at radius 1 is 0.906 bits per heavy atom. The molecule has 0 N–H and O–H groups in total. The Hall–Kier alpha value is -3.31. The van der Waals surface area contributed by atoms with Gasteiger partial charge in [-0.2, -0.15) is 0 Å². The molecule has 2 atom stereocenters. The van der Waals surface area contributed by atoms with Crippen LogP contribution in [-0.2, 0) is 9.53 Å². The van der Waals surface area contributed by atoms with Gasteiger partial charge >= 0.3 is 5.97 Å². The maximum Gasteiger partial charge on any atom is 0.328 e. The second-order valence-corrected chi connectivity index (χ2v) is 8.05. The lowest BCUT2D eigenvalue weighted by atomic mass is 10.0. The number of rotatable bonds is 5. The number of carbonyl (C=O) groups excluding carboxylic acids is 2. The SMILES string of the molecule is COC(=O)[C@H]1CC[C@H](c2ccccc2Cl)N1C(=O)c1ccc(-c2ccccc2OC)cc1. The molecule has 1 fully saturated rings. The van der Waals surface area contributed by atoms with E-state index in [-0.39, 0.29) is 11.9 Å². The number of benzene rings is 3. The number of nitrogens with zero attached hydrogens (tertiary/aromatic N) is 1. The van der Waals surface area contributed by atoms with E-state index in [9.17, 15) is 9.59 Å². The van der Waals surface area contributed by atoms with E-state index in [1.54, 1.807) is 30.2 Å². The number of esters is 1. The average Bonchev–Trinajstić information content (AvgIpc) is 3.28. The monoisotopic (exact) mass is 449 g/mol. The first kappa shape index (κ1) is 21.9. The summed E-state index contributed by atoms with van der Waals surface area (Å²) in [5, 5.41) is 0.576. The summed E-state index contributed by atoms with van der Waals surface area (Å²) in [6, 6.07) is 21.5. The van der Waals surface area contributed by atoms with Crippen LogP contribution in [0.5, 0.6) is 5.75 Å². The zero-order chi connectivity index (χ0) is 22.7. The van der Waals surface area contributed by atoms with Crippen molar-refractivity contribution in [2.45, 2.75) is 24.9 Å². The molecule has 0 bridgehead atoms. The van der Waals surface area contributed by atoms with Gasteiger partial charge in [-0.15, -0.1) is 0 Å². The lowest BCUT2D eigenvalue weighted by molar-refractivity contribution is -0.145. The molecule has 32 heavy (non-hydrogen) atoms. The fourth-order valence-corrected chi connectivity index (χ4v) is 4.60. The van der Waals surface area contributed by atoms with E-state index >= 15 is 0 Å². The molecule has 6 heteroatoms. The molecule has 0 unspecified atom stereocenters. The maximum absolute atomic E-state index is 13.6. The van der Waals surface area contributed by atoms with Crippen LogP contribution in [0.2, 0.25) is 5.02 Å². The molecular weight excluding hydrogens is 426 g/mol. The van der Waals surface area contributed by atoms with Gasteiger partial charge in [0.1, 0.15) is 11.8 Å².